The maximum Gasteiger partial charge on any atom is 1.00 e. The van der Waals surface area contributed by atoms with Gasteiger partial charge < -0.3 is 9.11 Å². The molecular formula is C10H23LiO3S. The maximum atomic E-state index is 8.56. The monoisotopic (exact) mass is 230 g/mol. The van der Waals surface area contributed by atoms with Crippen LogP contribution in [0.15, 0.2) is 0 Å². The van der Waals surface area contributed by atoms with Gasteiger partial charge in [0.1, 0.15) is 0 Å². The molecule has 0 aromatic heterocycles. The first kappa shape index (κ1) is 21.0. The van der Waals surface area contributed by atoms with E-state index in [0.29, 0.717) is 0 Å². The molecule has 1 N–H and O–H groups in total. The van der Waals surface area contributed by atoms with E-state index in [-0.39, 0.29) is 18.9 Å². The Morgan fingerprint density at radius 3 is 1.33 bits per heavy atom. The Bertz CT molecular complexity index is 111. The molecule has 0 fully saturated rings. The van der Waals surface area contributed by atoms with E-state index in [2.05, 4.69) is 13.8 Å². The quantitative estimate of drug-likeness (QED) is 0.393. The molecule has 0 amide bonds. The molecule has 0 spiro atoms. The van der Waals surface area contributed by atoms with E-state index in [0.717, 1.165) is 0 Å². The fourth-order valence-electron chi connectivity index (χ4n) is 1.21. The van der Waals surface area contributed by atoms with Crippen molar-refractivity contribution in [2.45, 2.75) is 65.2 Å². The normalized spacial score (nSPS) is 10.9. The molecule has 0 heterocycles. The summed E-state index contributed by atoms with van der Waals surface area (Å²) in [4.78, 5) is 0. The summed E-state index contributed by atoms with van der Waals surface area (Å²) in [5, 5.41) is 0. The summed E-state index contributed by atoms with van der Waals surface area (Å²) < 4.78 is 24.1. The second-order valence-electron chi connectivity index (χ2n) is 3.34. The molecule has 1 unspecified atom stereocenters. The zero-order chi connectivity index (χ0) is 11.2. The topological polar surface area (TPSA) is 60.4 Å². The van der Waals surface area contributed by atoms with Crippen molar-refractivity contribution in [3.05, 3.63) is 0 Å². The first-order valence-corrected chi connectivity index (χ1v) is 6.46. The first-order valence-electron chi connectivity index (χ1n) is 5.43. The minimum atomic E-state index is -2.86. The summed E-state index contributed by atoms with van der Waals surface area (Å²) in [6.45, 7) is 4.54. The van der Waals surface area contributed by atoms with E-state index in [1.165, 1.54) is 51.4 Å². The van der Waals surface area contributed by atoms with Crippen LogP contribution in [0.5, 0.6) is 0 Å². The van der Waals surface area contributed by atoms with Crippen LogP contribution >= 0.6 is 0 Å². The van der Waals surface area contributed by atoms with E-state index in [1.807, 2.05) is 0 Å². The van der Waals surface area contributed by atoms with Crippen LogP contribution in [-0.4, -0.2) is 13.3 Å². The summed E-state index contributed by atoms with van der Waals surface area (Å²) in [6.07, 6.45) is 11.5. The molecule has 0 saturated heterocycles. The summed E-state index contributed by atoms with van der Waals surface area (Å²) in [5.41, 5.74) is 0. The van der Waals surface area contributed by atoms with Crippen molar-refractivity contribution in [3.8, 4) is 0 Å². The van der Waals surface area contributed by atoms with Crippen LogP contribution in [0.25, 0.3) is 0 Å². The molecule has 0 rings (SSSR count). The van der Waals surface area contributed by atoms with Gasteiger partial charge in [0.15, 0.2) is 0 Å². The van der Waals surface area contributed by atoms with Crippen molar-refractivity contribution in [3.63, 3.8) is 0 Å². The Labute approximate surface area is 109 Å². The molecule has 0 aromatic rings. The number of rotatable bonds is 7. The van der Waals surface area contributed by atoms with Gasteiger partial charge in [0, 0.05) is 0 Å². The van der Waals surface area contributed by atoms with Gasteiger partial charge in [-0.25, -0.2) is 4.21 Å². The number of unbranched alkanes of at least 4 members (excludes halogenated alkanes) is 7. The van der Waals surface area contributed by atoms with Gasteiger partial charge in [-0.05, 0) is 0 Å². The third-order valence-electron chi connectivity index (χ3n) is 1.96. The SMILES string of the molecule is CCCCCCCCCC.O=S([O-])O.[Li+]. The van der Waals surface area contributed by atoms with Crippen molar-refractivity contribution in [2.24, 2.45) is 0 Å². The van der Waals surface area contributed by atoms with Crippen LogP contribution in [0, 0.1) is 0 Å². The van der Waals surface area contributed by atoms with E-state index >= 15 is 0 Å². The minimum absolute atomic E-state index is 0. The second-order valence-corrected chi connectivity index (χ2v) is 3.77. The summed E-state index contributed by atoms with van der Waals surface area (Å²) in [5.74, 6) is 0. The molecule has 0 radical (unpaired) electrons. The Morgan fingerprint density at radius 1 is 0.933 bits per heavy atom. The molecule has 0 bridgehead atoms. The summed E-state index contributed by atoms with van der Waals surface area (Å²) >= 11 is -2.86. The maximum absolute atomic E-state index is 8.56. The molecule has 3 nitrogen and oxygen atoms in total. The van der Waals surface area contributed by atoms with Crippen molar-refractivity contribution >= 4 is 11.4 Å². The molecule has 0 saturated carbocycles. The standard InChI is InChI=1S/C10H22.Li.H2O3S/c1-3-5-7-9-10-8-6-4-2;;1-4(2)3/h3-10H2,1-2H3;;(H2,1,2,3)/q;+1;/p-1. The molecule has 15 heavy (non-hydrogen) atoms. The van der Waals surface area contributed by atoms with Crippen LogP contribution in [0.1, 0.15) is 65.2 Å². The summed E-state index contributed by atoms with van der Waals surface area (Å²) in [7, 11) is 0. The molecule has 5 heteroatoms. The molecular weight excluding hydrogens is 207 g/mol. The molecule has 0 aromatic carbocycles. The summed E-state index contributed by atoms with van der Waals surface area (Å²) in [6, 6.07) is 0. The van der Waals surface area contributed by atoms with Gasteiger partial charge in [-0.1, -0.05) is 65.2 Å². The predicted molar refractivity (Wildman–Crippen MR) is 59.8 cm³/mol. The minimum Gasteiger partial charge on any atom is -0.750 e. The van der Waals surface area contributed by atoms with Gasteiger partial charge >= 0.3 is 18.9 Å². The Morgan fingerprint density at radius 2 is 1.13 bits per heavy atom. The molecule has 0 aliphatic carbocycles. The average molecular weight is 230 g/mol. The van der Waals surface area contributed by atoms with Crippen molar-refractivity contribution < 1.29 is 32.2 Å². The van der Waals surface area contributed by atoms with Gasteiger partial charge in [-0.15, -0.1) is 0 Å². The smallest absolute Gasteiger partial charge is 0.750 e. The molecule has 1 atom stereocenters. The molecule has 0 aliphatic heterocycles. The molecule has 88 valence electrons. The Hall–Kier alpha value is 0.667. The number of hydrogen-bond donors (Lipinski definition) is 1. The number of hydrogen-bond acceptors (Lipinski definition) is 2. The van der Waals surface area contributed by atoms with Crippen LogP contribution in [-0.2, 0) is 11.4 Å². The van der Waals surface area contributed by atoms with E-state index in [9.17, 15) is 0 Å². The van der Waals surface area contributed by atoms with Crippen molar-refractivity contribution in [1.29, 1.82) is 0 Å². The van der Waals surface area contributed by atoms with Gasteiger partial charge in [-0.3, -0.25) is 0 Å². The second kappa shape index (κ2) is 20.1. The third-order valence-corrected chi connectivity index (χ3v) is 1.96. The van der Waals surface area contributed by atoms with Gasteiger partial charge in [0.2, 0.25) is 0 Å². The van der Waals surface area contributed by atoms with Crippen LogP contribution in [0.2, 0.25) is 0 Å². The van der Waals surface area contributed by atoms with E-state index in [1.54, 1.807) is 0 Å². The van der Waals surface area contributed by atoms with Gasteiger partial charge in [-0.2, -0.15) is 0 Å². The van der Waals surface area contributed by atoms with Crippen LogP contribution < -0.4 is 18.9 Å². The average Bonchev–Trinajstić information content (AvgIpc) is 2.10. The zero-order valence-corrected chi connectivity index (χ0v) is 11.1. The first-order chi connectivity index (χ1) is 6.65. The van der Waals surface area contributed by atoms with Crippen molar-refractivity contribution in [2.75, 3.05) is 0 Å². The largest absolute Gasteiger partial charge is 1.00 e. The predicted octanol–water partition coefficient (Wildman–Crippen LogP) is 0.490. The van der Waals surface area contributed by atoms with Crippen LogP contribution in [0.3, 0.4) is 0 Å². The molecule has 0 aliphatic rings. The van der Waals surface area contributed by atoms with E-state index in [4.69, 9.17) is 13.3 Å². The Balaban J connectivity index is -0.000000249. The zero-order valence-electron chi connectivity index (χ0n) is 10.3. The third kappa shape index (κ3) is 40.0. The Kier molecular flexibility index (Phi) is 28.2. The fourth-order valence-corrected chi connectivity index (χ4v) is 1.21. The van der Waals surface area contributed by atoms with Crippen LogP contribution in [0.4, 0.5) is 0 Å². The van der Waals surface area contributed by atoms with E-state index < -0.39 is 11.4 Å². The van der Waals surface area contributed by atoms with Gasteiger partial charge in [0.25, 0.3) is 0 Å². The fraction of sp³-hybridized carbons (Fsp3) is 1.00. The van der Waals surface area contributed by atoms with Crippen molar-refractivity contribution in [1.82, 2.24) is 0 Å². The van der Waals surface area contributed by atoms with Gasteiger partial charge in [0.05, 0.1) is 11.4 Å².